The number of carbonyl (C=O) groups excluding carboxylic acids is 2. The smallest absolute Gasteiger partial charge is 0.163 e. The van der Waals surface area contributed by atoms with Crippen LogP contribution >= 0.6 is 0 Å². The zero-order chi connectivity index (χ0) is 13.3. The van der Waals surface area contributed by atoms with E-state index < -0.39 is 0 Å². The quantitative estimate of drug-likeness (QED) is 0.823. The third-order valence-electron chi connectivity index (χ3n) is 3.59. The summed E-state index contributed by atoms with van der Waals surface area (Å²) in [5.74, 6) is -0.104. The lowest BCUT2D eigenvalue weighted by molar-refractivity contribution is -0.116. The molecule has 0 aromatic heterocycles. The average molecular weight is 248 g/mol. The van der Waals surface area contributed by atoms with E-state index in [9.17, 15) is 14.0 Å². The molecule has 0 amide bonds. The third-order valence-corrected chi connectivity index (χ3v) is 3.59. The summed E-state index contributed by atoms with van der Waals surface area (Å²) in [5, 5.41) is 0. The van der Waals surface area contributed by atoms with Crippen molar-refractivity contribution in [1.82, 2.24) is 0 Å². The minimum absolute atomic E-state index is 0.0630. The van der Waals surface area contributed by atoms with Gasteiger partial charge in [0.15, 0.2) is 5.78 Å². The van der Waals surface area contributed by atoms with Crippen molar-refractivity contribution in [2.24, 2.45) is 0 Å². The van der Waals surface area contributed by atoms with E-state index in [1.165, 1.54) is 13.0 Å². The average Bonchev–Trinajstić information content (AvgIpc) is 2.32. The fourth-order valence-electron chi connectivity index (χ4n) is 2.58. The van der Waals surface area contributed by atoms with Gasteiger partial charge >= 0.3 is 0 Å². The van der Waals surface area contributed by atoms with Crippen molar-refractivity contribution in [3.05, 3.63) is 34.1 Å². The van der Waals surface area contributed by atoms with Crippen molar-refractivity contribution < 1.29 is 14.0 Å². The highest BCUT2D eigenvalue weighted by Crippen LogP contribution is 2.30. The summed E-state index contributed by atoms with van der Waals surface area (Å²) in [5.41, 5.74) is 2.82. The molecular formula is C15H17FO2. The second-order valence-electron chi connectivity index (χ2n) is 4.97. The molecule has 1 aliphatic carbocycles. The Morgan fingerprint density at radius 2 is 2.11 bits per heavy atom. The molecule has 0 saturated carbocycles. The lowest BCUT2D eigenvalue weighted by Crippen LogP contribution is -2.17. The summed E-state index contributed by atoms with van der Waals surface area (Å²) in [6.07, 6.45) is 2.91. The Labute approximate surface area is 106 Å². The molecule has 3 heteroatoms. The Balaban J connectivity index is 2.48. The first-order chi connectivity index (χ1) is 8.50. The number of hydrogen-bond acceptors (Lipinski definition) is 2. The molecule has 18 heavy (non-hydrogen) atoms. The van der Waals surface area contributed by atoms with Gasteiger partial charge in [0.05, 0.1) is 0 Å². The van der Waals surface area contributed by atoms with Gasteiger partial charge in [-0.15, -0.1) is 0 Å². The number of rotatable bonds is 3. The highest BCUT2D eigenvalue weighted by molar-refractivity contribution is 6.00. The van der Waals surface area contributed by atoms with Crippen molar-refractivity contribution >= 4 is 11.6 Å². The Hall–Kier alpha value is -1.51. The molecule has 1 aromatic carbocycles. The van der Waals surface area contributed by atoms with Gasteiger partial charge in [-0.2, -0.15) is 0 Å². The number of hydrogen-bond donors (Lipinski definition) is 0. The van der Waals surface area contributed by atoms with Crippen LogP contribution in [0.1, 0.15) is 53.2 Å². The molecule has 0 atom stereocenters. The third kappa shape index (κ3) is 2.35. The molecule has 2 nitrogen and oxygen atoms in total. The zero-order valence-electron chi connectivity index (χ0n) is 10.8. The van der Waals surface area contributed by atoms with Crippen LogP contribution in [0.3, 0.4) is 0 Å². The molecule has 0 heterocycles. The molecule has 1 aliphatic rings. The van der Waals surface area contributed by atoms with Gasteiger partial charge in [0.2, 0.25) is 0 Å². The number of carbonyl (C=O) groups is 2. The Bertz CT molecular complexity index is 518. The van der Waals surface area contributed by atoms with Crippen LogP contribution in [0.2, 0.25) is 0 Å². The molecule has 2 rings (SSSR count). The fraction of sp³-hybridized carbons (Fsp3) is 0.467. The summed E-state index contributed by atoms with van der Waals surface area (Å²) in [4.78, 5) is 23.0. The molecule has 0 radical (unpaired) electrons. The Kier molecular flexibility index (Phi) is 3.60. The lowest BCUT2D eigenvalue weighted by Gasteiger charge is -2.21. The first-order valence-electron chi connectivity index (χ1n) is 6.34. The highest BCUT2D eigenvalue weighted by Gasteiger charge is 2.24. The molecule has 96 valence electrons. The largest absolute Gasteiger partial charge is 0.300 e. The number of benzene rings is 1. The van der Waals surface area contributed by atoms with E-state index >= 15 is 0 Å². The predicted molar refractivity (Wildman–Crippen MR) is 67.4 cm³/mol. The number of ketones is 2. The van der Waals surface area contributed by atoms with Gasteiger partial charge in [-0.1, -0.05) is 0 Å². The van der Waals surface area contributed by atoms with Crippen LogP contribution in [0.15, 0.2) is 6.07 Å². The molecule has 0 saturated heterocycles. The molecule has 0 N–H and O–H groups in total. The van der Waals surface area contributed by atoms with E-state index in [0.717, 1.165) is 18.4 Å². The van der Waals surface area contributed by atoms with E-state index in [1.54, 1.807) is 6.92 Å². The van der Waals surface area contributed by atoms with Crippen molar-refractivity contribution in [3.63, 3.8) is 0 Å². The predicted octanol–water partition coefficient (Wildman–Crippen LogP) is 3.17. The van der Waals surface area contributed by atoms with Crippen LogP contribution in [-0.4, -0.2) is 11.6 Å². The van der Waals surface area contributed by atoms with Crippen LogP contribution in [0, 0.1) is 12.7 Å². The molecule has 0 aliphatic heterocycles. The van der Waals surface area contributed by atoms with E-state index in [1.807, 2.05) is 0 Å². The monoisotopic (exact) mass is 248 g/mol. The minimum atomic E-state index is -0.262. The van der Waals surface area contributed by atoms with Gasteiger partial charge in [-0.25, -0.2) is 4.39 Å². The van der Waals surface area contributed by atoms with Crippen molar-refractivity contribution in [2.45, 2.75) is 46.0 Å². The topological polar surface area (TPSA) is 34.1 Å². The summed E-state index contributed by atoms with van der Waals surface area (Å²) in [6, 6.07) is 1.43. The van der Waals surface area contributed by atoms with E-state index in [0.29, 0.717) is 36.0 Å². The maximum atomic E-state index is 13.8. The first-order valence-corrected chi connectivity index (χ1v) is 6.34. The van der Waals surface area contributed by atoms with E-state index in [-0.39, 0.29) is 17.4 Å². The highest BCUT2D eigenvalue weighted by atomic mass is 19.1. The Morgan fingerprint density at radius 3 is 2.78 bits per heavy atom. The summed E-state index contributed by atoms with van der Waals surface area (Å²) < 4.78 is 13.8. The Morgan fingerprint density at radius 1 is 1.39 bits per heavy atom. The van der Waals surface area contributed by atoms with Crippen LogP contribution in [0.5, 0.6) is 0 Å². The summed E-state index contributed by atoms with van der Waals surface area (Å²) in [7, 11) is 0. The van der Waals surface area contributed by atoms with E-state index in [2.05, 4.69) is 0 Å². The number of fused-ring (bicyclic) bond motifs is 1. The van der Waals surface area contributed by atoms with Crippen LogP contribution in [0.25, 0.3) is 0 Å². The van der Waals surface area contributed by atoms with Gasteiger partial charge in [-0.3, -0.25) is 4.79 Å². The van der Waals surface area contributed by atoms with Crippen LogP contribution < -0.4 is 0 Å². The van der Waals surface area contributed by atoms with Gasteiger partial charge in [0.1, 0.15) is 11.6 Å². The minimum Gasteiger partial charge on any atom is -0.300 e. The number of Topliss-reactive ketones (excluding diaryl/α,β-unsaturated/α-hetero) is 2. The zero-order valence-corrected chi connectivity index (χ0v) is 10.8. The van der Waals surface area contributed by atoms with Crippen LogP contribution in [0.4, 0.5) is 4.39 Å². The molecule has 0 unspecified atom stereocenters. The number of aryl methyl sites for hydroxylation is 1. The van der Waals surface area contributed by atoms with Crippen molar-refractivity contribution in [2.75, 3.05) is 0 Å². The fourth-order valence-corrected chi connectivity index (χ4v) is 2.58. The second kappa shape index (κ2) is 5.01. The van der Waals surface area contributed by atoms with Crippen molar-refractivity contribution in [1.29, 1.82) is 0 Å². The molecular weight excluding hydrogens is 231 g/mol. The normalized spacial score (nSPS) is 14.5. The second-order valence-corrected chi connectivity index (χ2v) is 4.97. The standard InChI is InChI=1S/C15H17FO2/c1-9(17)6-7-11-8-13(16)10(2)12-4-3-5-14(18)15(11)12/h8H,3-7H2,1-2H3. The maximum Gasteiger partial charge on any atom is 0.163 e. The van der Waals surface area contributed by atoms with Crippen molar-refractivity contribution in [3.8, 4) is 0 Å². The molecule has 0 bridgehead atoms. The van der Waals surface area contributed by atoms with Gasteiger partial charge in [0, 0.05) is 18.4 Å². The molecule has 0 spiro atoms. The van der Waals surface area contributed by atoms with Crippen LogP contribution in [-0.2, 0) is 17.6 Å². The maximum absolute atomic E-state index is 13.8. The van der Waals surface area contributed by atoms with Gasteiger partial charge in [0.25, 0.3) is 0 Å². The van der Waals surface area contributed by atoms with Gasteiger partial charge < -0.3 is 4.79 Å². The molecule has 1 aromatic rings. The lowest BCUT2D eigenvalue weighted by atomic mass is 9.83. The summed E-state index contributed by atoms with van der Waals surface area (Å²) >= 11 is 0. The SMILES string of the molecule is CC(=O)CCc1cc(F)c(C)c2c1C(=O)CCC2. The molecule has 0 fully saturated rings. The first kappa shape index (κ1) is 12.9. The number of halogens is 1. The summed E-state index contributed by atoms with van der Waals surface area (Å²) in [6.45, 7) is 3.24. The van der Waals surface area contributed by atoms with Gasteiger partial charge in [-0.05, 0) is 55.9 Å². The van der Waals surface area contributed by atoms with E-state index in [4.69, 9.17) is 0 Å².